The van der Waals surface area contributed by atoms with Crippen LogP contribution in [0.3, 0.4) is 0 Å². The Morgan fingerprint density at radius 1 is 1.41 bits per heavy atom. The van der Waals surface area contributed by atoms with E-state index in [-0.39, 0.29) is 17.3 Å². The molecular weight excluding hydrogens is 224 g/mol. The van der Waals surface area contributed by atoms with E-state index in [0.717, 1.165) is 0 Å². The summed E-state index contributed by atoms with van der Waals surface area (Å²) >= 11 is 0. The van der Waals surface area contributed by atoms with Crippen LogP contribution in [0.1, 0.15) is 17.3 Å². The number of rotatable bonds is 3. The van der Waals surface area contributed by atoms with Gasteiger partial charge >= 0.3 is 12.0 Å². The summed E-state index contributed by atoms with van der Waals surface area (Å²) in [5, 5.41) is 20.7. The fourth-order valence-electron chi connectivity index (χ4n) is 1.15. The fourth-order valence-corrected chi connectivity index (χ4v) is 1.15. The molecule has 0 aromatic heterocycles. The number of carboxylic acids is 1. The summed E-state index contributed by atoms with van der Waals surface area (Å²) in [4.78, 5) is 23.6. The van der Waals surface area contributed by atoms with Crippen LogP contribution in [0, 0.1) is 0 Å². The van der Waals surface area contributed by atoms with Crippen LogP contribution in [0.15, 0.2) is 18.2 Å². The minimum atomic E-state index is -1.22. The van der Waals surface area contributed by atoms with Crippen LogP contribution in [-0.4, -0.2) is 40.7 Å². The molecule has 0 radical (unpaired) electrons. The zero-order valence-electron chi connectivity index (χ0n) is 9.60. The molecule has 92 valence electrons. The van der Waals surface area contributed by atoms with Gasteiger partial charge in [0.25, 0.3) is 0 Å². The molecule has 0 aliphatic carbocycles. The number of urea groups is 1. The fraction of sp³-hybridized carbons (Fsp3) is 0.273. The Morgan fingerprint density at radius 3 is 2.53 bits per heavy atom. The first-order valence-electron chi connectivity index (χ1n) is 5.04. The van der Waals surface area contributed by atoms with Crippen LogP contribution in [0.25, 0.3) is 0 Å². The number of phenols is 1. The molecule has 0 bridgehead atoms. The number of hydrogen-bond donors (Lipinski definition) is 3. The Labute approximate surface area is 98.5 Å². The van der Waals surface area contributed by atoms with Gasteiger partial charge in [-0.3, -0.25) is 0 Å². The van der Waals surface area contributed by atoms with Crippen molar-refractivity contribution >= 4 is 17.7 Å². The van der Waals surface area contributed by atoms with Gasteiger partial charge in [-0.2, -0.15) is 0 Å². The molecule has 0 unspecified atom stereocenters. The van der Waals surface area contributed by atoms with Crippen molar-refractivity contribution in [2.45, 2.75) is 6.92 Å². The lowest BCUT2D eigenvalue weighted by Crippen LogP contribution is -2.30. The smallest absolute Gasteiger partial charge is 0.339 e. The molecule has 1 aromatic carbocycles. The highest BCUT2D eigenvalue weighted by Gasteiger charge is 2.11. The molecule has 0 saturated carbocycles. The van der Waals surface area contributed by atoms with Crippen molar-refractivity contribution in [1.82, 2.24) is 4.90 Å². The number of aromatic carboxylic acids is 1. The van der Waals surface area contributed by atoms with Gasteiger partial charge in [-0.15, -0.1) is 0 Å². The predicted molar refractivity (Wildman–Crippen MR) is 62.4 cm³/mol. The second kappa shape index (κ2) is 5.20. The maximum Gasteiger partial charge on any atom is 0.339 e. The van der Waals surface area contributed by atoms with E-state index in [1.807, 2.05) is 6.92 Å². The number of anilines is 1. The number of carbonyl (C=O) groups is 2. The lowest BCUT2D eigenvalue weighted by atomic mass is 10.2. The molecule has 0 aliphatic rings. The summed E-state index contributed by atoms with van der Waals surface area (Å²) in [6.45, 7) is 2.37. The third-order valence-corrected chi connectivity index (χ3v) is 2.30. The van der Waals surface area contributed by atoms with Gasteiger partial charge in [0, 0.05) is 25.3 Å². The molecule has 1 rings (SSSR count). The van der Waals surface area contributed by atoms with Crippen LogP contribution in [0.2, 0.25) is 0 Å². The van der Waals surface area contributed by atoms with E-state index in [0.29, 0.717) is 12.2 Å². The second-order valence-electron chi connectivity index (χ2n) is 3.48. The van der Waals surface area contributed by atoms with Crippen molar-refractivity contribution in [2.24, 2.45) is 0 Å². The van der Waals surface area contributed by atoms with Crippen LogP contribution in [-0.2, 0) is 0 Å². The van der Waals surface area contributed by atoms with Crippen molar-refractivity contribution in [3.8, 4) is 5.75 Å². The van der Waals surface area contributed by atoms with Crippen molar-refractivity contribution in [3.05, 3.63) is 23.8 Å². The summed E-state index contributed by atoms with van der Waals surface area (Å²) in [7, 11) is 1.63. The maximum atomic E-state index is 11.5. The number of nitrogens with one attached hydrogen (secondary N) is 1. The number of carboxylic acid groups (broad SMARTS) is 1. The van der Waals surface area contributed by atoms with Crippen molar-refractivity contribution in [1.29, 1.82) is 0 Å². The molecule has 2 amide bonds. The molecule has 0 fully saturated rings. The van der Waals surface area contributed by atoms with E-state index in [1.165, 1.54) is 23.1 Å². The molecule has 1 aromatic rings. The standard InChI is InChI=1S/C11H14N2O4/c1-3-13(2)11(17)12-7-4-5-8(10(15)16)9(14)6-7/h4-6,14H,3H2,1-2H3,(H,12,17)(H,15,16). The van der Waals surface area contributed by atoms with Gasteiger partial charge in [-0.05, 0) is 19.1 Å². The quantitative estimate of drug-likeness (QED) is 0.745. The van der Waals surface area contributed by atoms with Crippen LogP contribution < -0.4 is 5.32 Å². The second-order valence-corrected chi connectivity index (χ2v) is 3.48. The zero-order chi connectivity index (χ0) is 13.0. The molecule has 0 spiro atoms. The first kappa shape index (κ1) is 12.8. The Hall–Kier alpha value is -2.24. The minimum Gasteiger partial charge on any atom is -0.507 e. The monoisotopic (exact) mass is 238 g/mol. The number of amides is 2. The number of nitrogens with zero attached hydrogens (tertiary/aromatic N) is 1. The summed E-state index contributed by atoms with van der Waals surface area (Å²) < 4.78 is 0. The van der Waals surface area contributed by atoms with Gasteiger partial charge in [0.05, 0.1) is 0 Å². The average Bonchev–Trinajstić information content (AvgIpc) is 2.27. The van der Waals surface area contributed by atoms with Gasteiger partial charge in [0.1, 0.15) is 11.3 Å². The third-order valence-electron chi connectivity index (χ3n) is 2.30. The molecule has 6 heteroatoms. The van der Waals surface area contributed by atoms with E-state index < -0.39 is 5.97 Å². The summed E-state index contributed by atoms with van der Waals surface area (Å²) in [5.74, 6) is -1.60. The van der Waals surface area contributed by atoms with Gasteiger partial charge < -0.3 is 20.4 Å². The summed E-state index contributed by atoms with van der Waals surface area (Å²) in [5.41, 5.74) is 0.143. The maximum absolute atomic E-state index is 11.5. The molecule has 0 aliphatic heterocycles. The summed E-state index contributed by atoms with van der Waals surface area (Å²) in [6, 6.07) is 3.53. The van der Waals surface area contributed by atoms with Crippen LogP contribution in [0.4, 0.5) is 10.5 Å². The van der Waals surface area contributed by atoms with Crippen molar-refractivity contribution < 1.29 is 19.8 Å². The lowest BCUT2D eigenvalue weighted by molar-refractivity contribution is 0.0694. The van der Waals surface area contributed by atoms with E-state index in [1.54, 1.807) is 7.05 Å². The highest BCUT2D eigenvalue weighted by Crippen LogP contribution is 2.22. The van der Waals surface area contributed by atoms with Gasteiger partial charge in [-0.1, -0.05) is 0 Å². The number of carbonyl (C=O) groups excluding carboxylic acids is 1. The van der Waals surface area contributed by atoms with Crippen LogP contribution in [0.5, 0.6) is 5.75 Å². The Bertz CT molecular complexity index is 445. The minimum absolute atomic E-state index is 0.202. The molecule has 0 atom stereocenters. The Balaban J connectivity index is 2.84. The van der Waals surface area contributed by atoms with E-state index in [2.05, 4.69) is 5.32 Å². The van der Waals surface area contributed by atoms with Gasteiger partial charge in [0.2, 0.25) is 0 Å². The largest absolute Gasteiger partial charge is 0.507 e. The average molecular weight is 238 g/mol. The molecule has 17 heavy (non-hydrogen) atoms. The number of hydrogen-bond acceptors (Lipinski definition) is 3. The molecule has 0 heterocycles. The topological polar surface area (TPSA) is 89.9 Å². The predicted octanol–water partition coefficient (Wildman–Crippen LogP) is 1.57. The van der Waals surface area contributed by atoms with Gasteiger partial charge in [0.15, 0.2) is 0 Å². The molecular formula is C11H14N2O4. The Kier molecular flexibility index (Phi) is 3.92. The Morgan fingerprint density at radius 2 is 2.06 bits per heavy atom. The first-order chi connectivity index (χ1) is 7.95. The third kappa shape index (κ3) is 3.10. The van der Waals surface area contributed by atoms with E-state index >= 15 is 0 Å². The van der Waals surface area contributed by atoms with Gasteiger partial charge in [-0.25, -0.2) is 9.59 Å². The van der Waals surface area contributed by atoms with Crippen molar-refractivity contribution in [2.75, 3.05) is 18.9 Å². The van der Waals surface area contributed by atoms with Crippen LogP contribution >= 0.6 is 0 Å². The van der Waals surface area contributed by atoms with E-state index in [9.17, 15) is 14.7 Å². The first-order valence-corrected chi connectivity index (χ1v) is 5.04. The van der Waals surface area contributed by atoms with Crippen molar-refractivity contribution in [3.63, 3.8) is 0 Å². The van der Waals surface area contributed by atoms with E-state index in [4.69, 9.17) is 5.11 Å². The molecule has 6 nitrogen and oxygen atoms in total. The molecule has 3 N–H and O–H groups in total. The molecule has 0 saturated heterocycles. The zero-order valence-corrected chi connectivity index (χ0v) is 9.60. The number of aromatic hydroxyl groups is 1. The number of benzene rings is 1. The lowest BCUT2D eigenvalue weighted by Gasteiger charge is -2.15. The highest BCUT2D eigenvalue weighted by atomic mass is 16.4. The SMILES string of the molecule is CCN(C)C(=O)Nc1ccc(C(=O)O)c(O)c1. The normalized spacial score (nSPS) is 9.76. The highest BCUT2D eigenvalue weighted by molar-refractivity contribution is 5.93. The summed E-state index contributed by atoms with van der Waals surface area (Å²) in [6.07, 6.45) is 0.